The Morgan fingerprint density at radius 1 is 1.29 bits per heavy atom. The topological polar surface area (TPSA) is 59.8 Å². The van der Waals surface area contributed by atoms with Gasteiger partial charge in [-0.2, -0.15) is 4.31 Å². The standard InChI is InChI=1S/C14H20ClNO4S/c1-9-11(8-15)14(10(2)20-9)21(17,18)16-6-7-19-13-5-3-4-12(13)16/h12-13H,3-8H2,1-2H3. The predicted octanol–water partition coefficient (Wildman–Crippen LogP) is 2.58. The Bertz CT molecular complexity index is 640. The van der Waals surface area contributed by atoms with E-state index in [4.69, 9.17) is 20.8 Å². The number of alkyl halides is 1. The number of hydrogen-bond acceptors (Lipinski definition) is 4. The van der Waals surface area contributed by atoms with Crippen LogP contribution in [0.2, 0.25) is 0 Å². The van der Waals surface area contributed by atoms with E-state index >= 15 is 0 Å². The van der Waals surface area contributed by atoms with Crippen LogP contribution in [-0.4, -0.2) is 38.0 Å². The van der Waals surface area contributed by atoms with Gasteiger partial charge >= 0.3 is 0 Å². The van der Waals surface area contributed by atoms with Crippen LogP contribution >= 0.6 is 11.6 Å². The van der Waals surface area contributed by atoms with Crippen LogP contribution in [0.15, 0.2) is 9.31 Å². The van der Waals surface area contributed by atoms with Gasteiger partial charge in [0, 0.05) is 12.1 Å². The summed E-state index contributed by atoms with van der Waals surface area (Å²) in [5, 5.41) is 0. The van der Waals surface area contributed by atoms with Crippen molar-refractivity contribution >= 4 is 21.6 Å². The smallest absolute Gasteiger partial charge is 0.247 e. The first-order valence-electron chi connectivity index (χ1n) is 7.25. The second-order valence-corrected chi connectivity index (χ2v) is 7.77. The number of furan rings is 1. The van der Waals surface area contributed by atoms with E-state index in [1.807, 2.05) is 0 Å². The first-order valence-corrected chi connectivity index (χ1v) is 9.22. The second-order valence-electron chi connectivity index (χ2n) is 5.68. The Morgan fingerprint density at radius 3 is 2.76 bits per heavy atom. The number of halogens is 1. The summed E-state index contributed by atoms with van der Waals surface area (Å²) in [6.07, 6.45) is 2.83. The zero-order valence-electron chi connectivity index (χ0n) is 12.3. The molecule has 1 saturated carbocycles. The fraction of sp³-hybridized carbons (Fsp3) is 0.714. The fourth-order valence-electron chi connectivity index (χ4n) is 3.51. The Morgan fingerprint density at radius 2 is 2.05 bits per heavy atom. The zero-order chi connectivity index (χ0) is 15.2. The van der Waals surface area contributed by atoms with Crippen molar-refractivity contribution in [1.29, 1.82) is 0 Å². The lowest BCUT2D eigenvalue weighted by atomic mass is 10.2. The second kappa shape index (κ2) is 5.57. The SMILES string of the molecule is Cc1oc(C)c(S(=O)(=O)N2CCOC3CCCC32)c1CCl. The molecule has 1 aromatic rings. The molecular formula is C14H20ClNO4S. The third-order valence-electron chi connectivity index (χ3n) is 4.46. The van der Waals surface area contributed by atoms with E-state index in [0.717, 1.165) is 19.3 Å². The lowest BCUT2D eigenvalue weighted by Crippen LogP contribution is -2.51. The highest BCUT2D eigenvalue weighted by molar-refractivity contribution is 7.89. The van der Waals surface area contributed by atoms with Gasteiger partial charge in [-0.1, -0.05) is 0 Å². The quantitative estimate of drug-likeness (QED) is 0.798. The molecule has 1 aliphatic heterocycles. The molecule has 5 nitrogen and oxygen atoms in total. The van der Waals surface area contributed by atoms with Gasteiger partial charge < -0.3 is 9.15 Å². The maximum Gasteiger partial charge on any atom is 0.247 e. The molecule has 0 amide bonds. The highest BCUT2D eigenvalue weighted by atomic mass is 35.5. The molecule has 7 heteroatoms. The lowest BCUT2D eigenvalue weighted by molar-refractivity contribution is -0.0242. The summed E-state index contributed by atoms with van der Waals surface area (Å²) >= 11 is 5.94. The van der Waals surface area contributed by atoms with E-state index in [9.17, 15) is 8.42 Å². The van der Waals surface area contributed by atoms with Crippen LogP contribution in [0.3, 0.4) is 0 Å². The maximum atomic E-state index is 13.1. The van der Waals surface area contributed by atoms with Gasteiger partial charge in [-0.15, -0.1) is 11.6 Å². The van der Waals surface area contributed by atoms with Crippen molar-refractivity contribution in [3.05, 3.63) is 17.1 Å². The summed E-state index contributed by atoms with van der Waals surface area (Å²) in [5.74, 6) is 1.14. The summed E-state index contributed by atoms with van der Waals surface area (Å²) in [6.45, 7) is 4.28. The first-order chi connectivity index (χ1) is 9.96. The van der Waals surface area contributed by atoms with Crippen LogP contribution in [0, 0.1) is 13.8 Å². The third-order valence-corrected chi connectivity index (χ3v) is 6.84. The van der Waals surface area contributed by atoms with Crippen molar-refractivity contribution in [2.24, 2.45) is 0 Å². The fourth-order valence-corrected chi connectivity index (χ4v) is 5.99. The summed E-state index contributed by atoms with van der Waals surface area (Å²) < 4.78 is 39.0. The van der Waals surface area contributed by atoms with Gasteiger partial charge in [0.05, 0.1) is 24.6 Å². The van der Waals surface area contributed by atoms with Gasteiger partial charge in [0.1, 0.15) is 16.4 Å². The highest BCUT2D eigenvalue weighted by Gasteiger charge is 2.44. The molecule has 0 N–H and O–H groups in total. The van der Waals surface area contributed by atoms with Gasteiger partial charge in [0.25, 0.3) is 0 Å². The minimum atomic E-state index is -3.59. The summed E-state index contributed by atoms with van der Waals surface area (Å²) in [6, 6.07) is -0.0541. The highest BCUT2D eigenvalue weighted by Crippen LogP contribution is 2.36. The van der Waals surface area contributed by atoms with E-state index in [1.165, 1.54) is 0 Å². The van der Waals surface area contributed by atoms with Crippen LogP contribution in [0.1, 0.15) is 36.3 Å². The number of fused-ring (bicyclic) bond motifs is 1. The molecule has 2 heterocycles. The van der Waals surface area contributed by atoms with Crippen molar-refractivity contribution in [3.8, 4) is 0 Å². The molecule has 0 radical (unpaired) electrons. The molecule has 2 aliphatic rings. The Kier molecular flexibility index (Phi) is 4.07. The minimum absolute atomic E-state index is 0.0290. The van der Waals surface area contributed by atoms with Gasteiger partial charge in [-0.05, 0) is 33.1 Å². The predicted molar refractivity (Wildman–Crippen MR) is 79.0 cm³/mol. The van der Waals surface area contributed by atoms with Gasteiger partial charge in [0.2, 0.25) is 10.0 Å². The number of hydrogen-bond donors (Lipinski definition) is 0. The minimum Gasteiger partial charge on any atom is -0.465 e. The van der Waals surface area contributed by atoms with Crippen molar-refractivity contribution < 1.29 is 17.6 Å². The Balaban J connectivity index is 2.04. The molecule has 21 heavy (non-hydrogen) atoms. The van der Waals surface area contributed by atoms with E-state index < -0.39 is 10.0 Å². The van der Waals surface area contributed by atoms with Crippen molar-refractivity contribution in [1.82, 2.24) is 4.31 Å². The molecule has 2 unspecified atom stereocenters. The number of ether oxygens (including phenoxy) is 1. The first kappa shape index (κ1) is 15.3. The number of rotatable bonds is 3. The number of morpholine rings is 1. The molecule has 2 atom stereocenters. The third kappa shape index (κ3) is 2.42. The molecular weight excluding hydrogens is 314 g/mol. The average Bonchev–Trinajstić information content (AvgIpc) is 3.01. The lowest BCUT2D eigenvalue weighted by Gasteiger charge is -2.36. The van der Waals surface area contributed by atoms with E-state index in [1.54, 1.807) is 18.2 Å². The van der Waals surface area contributed by atoms with Crippen LogP contribution in [-0.2, 0) is 20.6 Å². The zero-order valence-corrected chi connectivity index (χ0v) is 13.8. The Labute approximate surface area is 130 Å². The van der Waals surface area contributed by atoms with E-state index in [-0.39, 0.29) is 22.9 Å². The number of aryl methyl sites for hydroxylation is 2. The largest absolute Gasteiger partial charge is 0.465 e. The Hall–Kier alpha value is -0.560. The van der Waals surface area contributed by atoms with Crippen LogP contribution in [0.25, 0.3) is 0 Å². The average molecular weight is 334 g/mol. The molecule has 3 rings (SSSR count). The number of sulfonamides is 1. The summed E-state index contributed by atoms with van der Waals surface area (Å²) in [5.41, 5.74) is 0.579. The van der Waals surface area contributed by atoms with Gasteiger partial charge in [-0.25, -0.2) is 8.42 Å². The van der Waals surface area contributed by atoms with E-state index in [2.05, 4.69) is 0 Å². The summed E-state index contributed by atoms with van der Waals surface area (Å²) in [7, 11) is -3.59. The molecule has 0 bridgehead atoms. The number of nitrogens with zero attached hydrogens (tertiary/aromatic N) is 1. The molecule has 1 aromatic heterocycles. The van der Waals surface area contributed by atoms with E-state index in [0.29, 0.717) is 30.2 Å². The van der Waals surface area contributed by atoms with Crippen LogP contribution in [0.5, 0.6) is 0 Å². The summed E-state index contributed by atoms with van der Waals surface area (Å²) in [4.78, 5) is 0.252. The van der Waals surface area contributed by atoms with Crippen molar-refractivity contribution in [3.63, 3.8) is 0 Å². The van der Waals surface area contributed by atoms with Crippen LogP contribution in [0.4, 0.5) is 0 Å². The molecule has 0 aromatic carbocycles. The normalized spacial score (nSPS) is 27.0. The van der Waals surface area contributed by atoms with Crippen molar-refractivity contribution in [2.45, 2.75) is 56.0 Å². The molecule has 118 valence electrons. The van der Waals surface area contributed by atoms with Gasteiger partial charge in [0.15, 0.2) is 0 Å². The monoisotopic (exact) mass is 333 g/mol. The van der Waals surface area contributed by atoms with Gasteiger partial charge in [-0.3, -0.25) is 0 Å². The molecule has 2 fully saturated rings. The van der Waals surface area contributed by atoms with Crippen LogP contribution < -0.4 is 0 Å². The molecule has 1 saturated heterocycles. The maximum absolute atomic E-state index is 13.1. The molecule has 0 spiro atoms. The van der Waals surface area contributed by atoms with Crippen molar-refractivity contribution in [2.75, 3.05) is 13.2 Å². The molecule has 1 aliphatic carbocycles.